The first-order valence-corrected chi connectivity index (χ1v) is 12.3. The third-order valence-corrected chi connectivity index (χ3v) is 7.38. The molecular formula is C22H27F3N6O2S. The predicted molar refractivity (Wildman–Crippen MR) is 122 cm³/mol. The Bertz CT molecular complexity index is 968. The van der Waals surface area contributed by atoms with Crippen LogP contribution in [-0.2, 0) is 15.7 Å². The van der Waals surface area contributed by atoms with Gasteiger partial charge in [-0.05, 0) is 23.8 Å². The quantitative estimate of drug-likeness (QED) is 0.455. The van der Waals surface area contributed by atoms with E-state index in [0.717, 1.165) is 50.7 Å². The number of hydrogen-bond acceptors (Lipinski definition) is 8. The molecular weight excluding hydrogens is 469 g/mol. The molecule has 0 radical (unpaired) electrons. The Morgan fingerprint density at radius 1 is 1.24 bits per heavy atom. The number of carbonyl (C=O) groups is 1. The monoisotopic (exact) mass is 496 g/mol. The SMILES string of the molecule is O=C(NC1NC(CN2CCOCC2)CS1)C1=CNC2C=CC(c3cccc(C(F)(F)F)c3)NN12. The number of rotatable bonds is 5. The standard InChI is InChI=1S/C22H27F3N6O2S/c23-22(24,25)15-3-1-2-14(10-15)17-4-5-19-26-11-18(31(19)29-17)20(32)28-21-27-16(13-34-21)12-30-6-8-33-9-7-30/h1-5,10-11,16-17,19,21,26-27,29H,6-9,12-13H2,(H,28,32). The maximum Gasteiger partial charge on any atom is 0.416 e. The number of nitrogens with zero attached hydrogens (tertiary/aromatic N) is 2. The minimum atomic E-state index is -4.41. The van der Waals surface area contributed by atoms with Gasteiger partial charge in [-0.1, -0.05) is 18.2 Å². The maximum absolute atomic E-state index is 13.1. The fraction of sp³-hybridized carbons (Fsp3) is 0.500. The van der Waals surface area contributed by atoms with Gasteiger partial charge >= 0.3 is 6.18 Å². The summed E-state index contributed by atoms with van der Waals surface area (Å²) in [5.74, 6) is 0.627. The second-order valence-electron chi connectivity index (χ2n) is 8.59. The minimum Gasteiger partial charge on any atom is -0.379 e. The Hall–Kier alpha value is -2.25. The lowest BCUT2D eigenvalue weighted by Gasteiger charge is -2.35. The van der Waals surface area contributed by atoms with Crippen LogP contribution in [0.15, 0.2) is 48.3 Å². The molecule has 2 fully saturated rings. The normalized spacial score (nSPS) is 29.5. The second kappa shape index (κ2) is 9.78. The highest BCUT2D eigenvalue weighted by atomic mass is 32.2. The van der Waals surface area contributed by atoms with Gasteiger partial charge in [0.2, 0.25) is 0 Å². The predicted octanol–water partition coefficient (Wildman–Crippen LogP) is 1.33. The Kier molecular flexibility index (Phi) is 6.76. The van der Waals surface area contributed by atoms with E-state index in [1.165, 1.54) is 6.07 Å². The van der Waals surface area contributed by atoms with Gasteiger partial charge in [0, 0.05) is 37.6 Å². The van der Waals surface area contributed by atoms with E-state index in [4.69, 9.17) is 4.74 Å². The van der Waals surface area contributed by atoms with Crippen LogP contribution in [0, 0.1) is 0 Å². The number of carbonyl (C=O) groups excluding carboxylic acids is 1. The number of amides is 1. The zero-order valence-electron chi connectivity index (χ0n) is 18.3. The van der Waals surface area contributed by atoms with Gasteiger partial charge in [0.05, 0.1) is 24.8 Å². The zero-order chi connectivity index (χ0) is 23.7. The Morgan fingerprint density at radius 2 is 2.06 bits per heavy atom. The molecule has 0 bridgehead atoms. The van der Waals surface area contributed by atoms with Gasteiger partial charge in [0.25, 0.3) is 5.91 Å². The summed E-state index contributed by atoms with van der Waals surface area (Å²) in [7, 11) is 0. The summed E-state index contributed by atoms with van der Waals surface area (Å²) >= 11 is 1.65. The second-order valence-corrected chi connectivity index (χ2v) is 9.73. The molecule has 4 atom stereocenters. The zero-order valence-corrected chi connectivity index (χ0v) is 19.2. The van der Waals surface area contributed by atoms with Gasteiger partial charge < -0.3 is 15.4 Å². The number of alkyl halides is 3. The van der Waals surface area contributed by atoms with E-state index < -0.39 is 17.8 Å². The molecule has 1 amide bonds. The highest BCUT2D eigenvalue weighted by Crippen LogP contribution is 2.32. The number of morpholine rings is 1. The lowest BCUT2D eigenvalue weighted by Crippen LogP contribution is -2.53. The Balaban J connectivity index is 1.18. The lowest BCUT2D eigenvalue weighted by molar-refractivity contribution is -0.137. The summed E-state index contributed by atoms with van der Waals surface area (Å²) in [5, 5.41) is 11.2. The lowest BCUT2D eigenvalue weighted by atomic mass is 10.0. The number of benzene rings is 1. The minimum absolute atomic E-state index is 0.210. The van der Waals surface area contributed by atoms with Gasteiger partial charge in [0.15, 0.2) is 0 Å². The summed E-state index contributed by atoms with van der Waals surface area (Å²) < 4.78 is 44.8. The maximum atomic E-state index is 13.1. The van der Waals surface area contributed by atoms with Gasteiger partial charge in [0.1, 0.15) is 17.4 Å². The van der Waals surface area contributed by atoms with Crippen LogP contribution in [0.2, 0.25) is 0 Å². The molecule has 0 aliphatic carbocycles. The van der Waals surface area contributed by atoms with Crippen molar-refractivity contribution >= 4 is 17.7 Å². The number of hydrogen-bond donors (Lipinski definition) is 4. The molecule has 4 heterocycles. The summed E-state index contributed by atoms with van der Waals surface area (Å²) in [6, 6.07) is 4.99. The van der Waals surface area contributed by atoms with Crippen molar-refractivity contribution in [1.82, 2.24) is 31.3 Å². The van der Waals surface area contributed by atoms with Crippen LogP contribution in [0.3, 0.4) is 0 Å². The number of hydrazine groups is 1. The number of nitrogens with one attached hydrogen (secondary N) is 4. The van der Waals surface area contributed by atoms with E-state index in [2.05, 4.69) is 26.3 Å². The number of fused-ring (bicyclic) bond motifs is 1. The molecule has 4 aliphatic heterocycles. The molecule has 4 N–H and O–H groups in total. The summed E-state index contributed by atoms with van der Waals surface area (Å²) in [5.41, 5.74) is 3.11. The molecule has 1 aromatic carbocycles. The first-order chi connectivity index (χ1) is 16.4. The first kappa shape index (κ1) is 23.5. The van der Waals surface area contributed by atoms with Gasteiger partial charge in [-0.15, -0.1) is 11.8 Å². The average molecular weight is 497 g/mol. The molecule has 2 saturated heterocycles. The van der Waals surface area contributed by atoms with Crippen LogP contribution < -0.4 is 21.4 Å². The molecule has 12 heteroatoms. The van der Waals surface area contributed by atoms with E-state index in [-0.39, 0.29) is 23.6 Å². The largest absolute Gasteiger partial charge is 0.416 e. The summed E-state index contributed by atoms with van der Waals surface area (Å²) in [4.78, 5) is 15.4. The van der Waals surface area contributed by atoms with Crippen molar-refractivity contribution in [3.8, 4) is 0 Å². The Morgan fingerprint density at radius 3 is 2.85 bits per heavy atom. The fourth-order valence-electron chi connectivity index (χ4n) is 4.43. The van der Waals surface area contributed by atoms with Gasteiger partial charge in [-0.25, -0.2) is 5.43 Å². The summed E-state index contributed by atoms with van der Waals surface area (Å²) in [6.07, 6.45) is 0.544. The molecule has 5 rings (SSSR count). The molecule has 34 heavy (non-hydrogen) atoms. The van der Waals surface area contributed by atoms with Crippen molar-refractivity contribution in [2.24, 2.45) is 0 Å². The number of halogens is 3. The van der Waals surface area contributed by atoms with Crippen molar-refractivity contribution < 1.29 is 22.7 Å². The molecule has 8 nitrogen and oxygen atoms in total. The highest BCUT2D eigenvalue weighted by Gasteiger charge is 2.36. The van der Waals surface area contributed by atoms with Crippen LogP contribution >= 0.6 is 11.8 Å². The van der Waals surface area contributed by atoms with Crippen molar-refractivity contribution in [1.29, 1.82) is 0 Å². The van der Waals surface area contributed by atoms with Crippen molar-refractivity contribution in [3.63, 3.8) is 0 Å². The molecule has 184 valence electrons. The topological polar surface area (TPSA) is 80.9 Å². The average Bonchev–Trinajstić information content (AvgIpc) is 3.45. The molecule has 0 aromatic heterocycles. The van der Waals surface area contributed by atoms with Crippen molar-refractivity contribution in [3.05, 3.63) is 59.4 Å². The third-order valence-electron chi connectivity index (χ3n) is 6.19. The van der Waals surface area contributed by atoms with Gasteiger partial charge in [-0.3, -0.25) is 20.0 Å². The number of thioether (sulfide) groups is 1. The van der Waals surface area contributed by atoms with E-state index >= 15 is 0 Å². The highest BCUT2D eigenvalue weighted by molar-refractivity contribution is 8.00. The Labute approximate surface area is 199 Å². The van der Waals surface area contributed by atoms with Crippen LogP contribution in [0.5, 0.6) is 0 Å². The van der Waals surface area contributed by atoms with E-state index in [0.29, 0.717) is 11.3 Å². The van der Waals surface area contributed by atoms with Crippen LogP contribution in [0.1, 0.15) is 17.2 Å². The molecule has 4 unspecified atom stereocenters. The summed E-state index contributed by atoms with van der Waals surface area (Å²) in [6.45, 7) is 4.25. The third kappa shape index (κ3) is 5.20. The first-order valence-electron chi connectivity index (χ1n) is 11.2. The smallest absolute Gasteiger partial charge is 0.379 e. The van der Waals surface area contributed by atoms with Crippen LogP contribution in [0.4, 0.5) is 13.2 Å². The van der Waals surface area contributed by atoms with Crippen molar-refractivity contribution in [2.45, 2.75) is 29.9 Å². The molecule has 1 aromatic rings. The van der Waals surface area contributed by atoms with Gasteiger partial charge in [-0.2, -0.15) is 13.2 Å². The molecule has 0 spiro atoms. The van der Waals surface area contributed by atoms with Crippen molar-refractivity contribution in [2.75, 3.05) is 38.6 Å². The fourth-order valence-corrected chi connectivity index (χ4v) is 5.53. The van der Waals surface area contributed by atoms with E-state index in [9.17, 15) is 18.0 Å². The van der Waals surface area contributed by atoms with Crippen LogP contribution in [0.25, 0.3) is 0 Å². The molecule has 0 saturated carbocycles. The molecule has 4 aliphatic rings. The number of ether oxygens (including phenoxy) is 1. The van der Waals surface area contributed by atoms with E-state index in [1.54, 1.807) is 35.1 Å². The van der Waals surface area contributed by atoms with E-state index in [1.807, 2.05) is 6.08 Å². The van der Waals surface area contributed by atoms with Crippen LogP contribution in [-0.4, -0.2) is 72.1 Å².